The molecule has 0 spiro atoms. The van der Waals surface area contributed by atoms with Gasteiger partial charge in [0.25, 0.3) is 5.56 Å². The standard InChI is InChI=1S/C29H36N4O4/c1-20(2)16-26(33-19-30-24-13-6-5-12-23(24)29(33)36)28(35)31-25(18-27(34)37-3)21-10-9-11-22(17-21)32-14-7-4-8-15-32/h5-6,9-13,17,19-20,25-26H,4,7-8,14-16,18H2,1-3H3,(H,31,35). The molecule has 1 fully saturated rings. The van der Waals surface area contributed by atoms with E-state index >= 15 is 0 Å². The fourth-order valence-corrected chi connectivity index (χ4v) is 4.96. The van der Waals surface area contributed by atoms with E-state index in [9.17, 15) is 14.4 Å². The smallest absolute Gasteiger partial charge is 0.307 e. The van der Waals surface area contributed by atoms with Gasteiger partial charge in [0.2, 0.25) is 5.91 Å². The van der Waals surface area contributed by atoms with Crippen molar-refractivity contribution < 1.29 is 14.3 Å². The van der Waals surface area contributed by atoms with Crippen molar-refractivity contribution in [2.24, 2.45) is 5.92 Å². The van der Waals surface area contributed by atoms with Crippen LogP contribution in [0, 0.1) is 5.92 Å². The number of nitrogens with zero attached hydrogens (tertiary/aromatic N) is 3. The second kappa shape index (κ2) is 12.0. The van der Waals surface area contributed by atoms with Gasteiger partial charge in [-0.05, 0) is 61.4 Å². The van der Waals surface area contributed by atoms with Gasteiger partial charge in [-0.15, -0.1) is 0 Å². The van der Waals surface area contributed by atoms with Gasteiger partial charge < -0.3 is 15.0 Å². The number of anilines is 1. The topological polar surface area (TPSA) is 93.5 Å². The number of hydrogen-bond acceptors (Lipinski definition) is 6. The molecule has 1 amide bonds. The van der Waals surface area contributed by atoms with E-state index < -0.39 is 18.1 Å². The predicted octanol–water partition coefficient (Wildman–Crippen LogP) is 4.39. The lowest BCUT2D eigenvalue weighted by atomic mass is 9.99. The summed E-state index contributed by atoms with van der Waals surface area (Å²) in [6.07, 6.45) is 5.42. The van der Waals surface area contributed by atoms with Gasteiger partial charge in [0, 0.05) is 18.8 Å². The minimum absolute atomic E-state index is 0.00897. The lowest BCUT2D eigenvalue weighted by Crippen LogP contribution is -2.40. The van der Waals surface area contributed by atoms with Gasteiger partial charge in [-0.3, -0.25) is 19.0 Å². The molecule has 37 heavy (non-hydrogen) atoms. The zero-order chi connectivity index (χ0) is 26.4. The van der Waals surface area contributed by atoms with Gasteiger partial charge in [-0.2, -0.15) is 0 Å². The second-order valence-corrected chi connectivity index (χ2v) is 10.1. The number of esters is 1. The second-order valence-electron chi connectivity index (χ2n) is 10.1. The van der Waals surface area contributed by atoms with Crippen LogP contribution >= 0.6 is 0 Å². The number of rotatable bonds is 9. The van der Waals surface area contributed by atoms with Crippen LogP contribution in [0.15, 0.2) is 59.7 Å². The highest BCUT2D eigenvalue weighted by Crippen LogP contribution is 2.27. The van der Waals surface area contributed by atoms with E-state index in [0.717, 1.165) is 37.2 Å². The zero-order valence-electron chi connectivity index (χ0n) is 21.9. The molecule has 2 heterocycles. The number of fused-ring (bicyclic) bond motifs is 1. The van der Waals surface area contributed by atoms with Gasteiger partial charge in [0.1, 0.15) is 6.04 Å². The molecule has 0 saturated carbocycles. The first kappa shape index (κ1) is 26.4. The van der Waals surface area contributed by atoms with E-state index in [1.54, 1.807) is 18.2 Å². The van der Waals surface area contributed by atoms with Crippen LogP contribution in [-0.2, 0) is 14.3 Å². The number of hydrogen-bond donors (Lipinski definition) is 1. The lowest BCUT2D eigenvalue weighted by molar-refractivity contribution is -0.141. The largest absolute Gasteiger partial charge is 0.469 e. The number of piperidine rings is 1. The molecule has 1 saturated heterocycles. The van der Waals surface area contributed by atoms with Crippen molar-refractivity contribution in [2.75, 3.05) is 25.1 Å². The Morgan fingerprint density at radius 3 is 2.54 bits per heavy atom. The average molecular weight is 505 g/mol. The molecule has 2 atom stereocenters. The predicted molar refractivity (Wildman–Crippen MR) is 145 cm³/mol. The highest BCUT2D eigenvalue weighted by molar-refractivity contribution is 5.83. The minimum atomic E-state index is -0.768. The van der Waals surface area contributed by atoms with Crippen LogP contribution in [-0.4, -0.2) is 41.6 Å². The molecule has 8 heteroatoms. The Hall–Kier alpha value is -3.68. The molecule has 0 bridgehead atoms. The van der Waals surface area contributed by atoms with Crippen molar-refractivity contribution in [1.82, 2.24) is 14.9 Å². The monoisotopic (exact) mass is 504 g/mol. The summed E-state index contributed by atoms with van der Waals surface area (Å²) in [4.78, 5) is 46.2. The molecule has 0 radical (unpaired) electrons. The summed E-state index contributed by atoms with van der Waals surface area (Å²) in [5.74, 6) is -0.598. The van der Waals surface area contributed by atoms with Gasteiger partial charge in [0.05, 0.1) is 36.8 Å². The highest BCUT2D eigenvalue weighted by Gasteiger charge is 2.28. The van der Waals surface area contributed by atoms with Gasteiger partial charge in [-0.25, -0.2) is 4.98 Å². The number of carbonyl (C=O) groups is 2. The summed E-state index contributed by atoms with van der Waals surface area (Å²) in [6, 6.07) is 13.7. The van der Waals surface area contributed by atoms with Crippen LogP contribution in [0.25, 0.3) is 10.9 Å². The van der Waals surface area contributed by atoms with Crippen LogP contribution in [0.5, 0.6) is 0 Å². The van der Waals surface area contributed by atoms with E-state index in [0.29, 0.717) is 17.3 Å². The fraction of sp³-hybridized carbons (Fsp3) is 0.448. The third-order valence-electron chi connectivity index (χ3n) is 6.93. The number of methoxy groups -OCH3 is 1. The molecule has 4 rings (SSSR count). The van der Waals surface area contributed by atoms with Crippen LogP contribution in [0.2, 0.25) is 0 Å². The Kier molecular flexibility index (Phi) is 8.58. The Bertz CT molecular complexity index is 1300. The summed E-state index contributed by atoms with van der Waals surface area (Å²) in [5, 5.41) is 3.53. The van der Waals surface area contributed by atoms with Gasteiger partial charge >= 0.3 is 5.97 Å². The van der Waals surface area contributed by atoms with Crippen molar-refractivity contribution in [1.29, 1.82) is 0 Å². The number of nitrogens with one attached hydrogen (secondary N) is 1. The normalized spacial score (nSPS) is 15.4. The minimum Gasteiger partial charge on any atom is -0.469 e. The molecule has 0 aliphatic carbocycles. The van der Waals surface area contributed by atoms with E-state index in [4.69, 9.17) is 4.74 Å². The number of carbonyl (C=O) groups excluding carboxylic acids is 2. The molecule has 196 valence electrons. The van der Waals surface area contributed by atoms with E-state index in [2.05, 4.69) is 21.3 Å². The van der Waals surface area contributed by atoms with Crippen LogP contribution in [0.4, 0.5) is 5.69 Å². The number of benzene rings is 2. The summed E-state index contributed by atoms with van der Waals surface area (Å²) in [7, 11) is 1.34. The highest BCUT2D eigenvalue weighted by atomic mass is 16.5. The Morgan fingerprint density at radius 1 is 1.05 bits per heavy atom. The molecular formula is C29H36N4O4. The van der Waals surface area contributed by atoms with E-state index in [-0.39, 0.29) is 23.8 Å². The quantitative estimate of drug-likeness (QED) is 0.434. The van der Waals surface area contributed by atoms with Crippen molar-refractivity contribution >= 4 is 28.5 Å². The first-order valence-corrected chi connectivity index (χ1v) is 13.1. The molecule has 2 unspecified atom stereocenters. The van der Waals surface area contributed by atoms with Crippen LogP contribution in [0.3, 0.4) is 0 Å². The molecule has 1 aromatic heterocycles. The molecule has 2 aromatic carbocycles. The van der Waals surface area contributed by atoms with Gasteiger partial charge in [0.15, 0.2) is 0 Å². The maximum absolute atomic E-state index is 13.7. The summed E-state index contributed by atoms with van der Waals surface area (Å²) in [6.45, 7) is 6.00. The van der Waals surface area contributed by atoms with Gasteiger partial charge in [-0.1, -0.05) is 38.1 Å². The van der Waals surface area contributed by atoms with Crippen molar-refractivity contribution in [3.05, 3.63) is 70.8 Å². The maximum atomic E-state index is 13.7. The maximum Gasteiger partial charge on any atom is 0.307 e. The first-order valence-electron chi connectivity index (χ1n) is 13.1. The zero-order valence-corrected chi connectivity index (χ0v) is 21.9. The lowest BCUT2D eigenvalue weighted by Gasteiger charge is -2.30. The van der Waals surface area contributed by atoms with Crippen LogP contribution < -0.4 is 15.8 Å². The first-order chi connectivity index (χ1) is 17.9. The fourth-order valence-electron chi connectivity index (χ4n) is 4.96. The van der Waals surface area contributed by atoms with Crippen molar-refractivity contribution in [3.63, 3.8) is 0 Å². The van der Waals surface area contributed by atoms with Crippen LogP contribution in [0.1, 0.15) is 63.6 Å². The van der Waals surface area contributed by atoms with E-state index in [1.807, 2.05) is 38.1 Å². The summed E-state index contributed by atoms with van der Waals surface area (Å²) < 4.78 is 6.36. The Balaban J connectivity index is 1.66. The molecule has 1 N–H and O–H groups in total. The molecular weight excluding hydrogens is 468 g/mol. The average Bonchev–Trinajstić information content (AvgIpc) is 2.92. The molecule has 1 aliphatic rings. The summed E-state index contributed by atoms with van der Waals surface area (Å²) in [5.41, 5.74) is 2.23. The third kappa shape index (κ3) is 6.37. The Labute approximate surface area is 217 Å². The number of aromatic nitrogens is 2. The molecule has 3 aromatic rings. The number of para-hydroxylation sites is 1. The third-order valence-corrected chi connectivity index (χ3v) is 6.93. The van der Waals surface area contributed by atoms with Crippen molar-refractivity contribution in [3.8, 4) is 0 Å². The number of amides is 1. The summed E-state index contributed by atoms with van der Waals surface area (Å²) >= 11 is 0. The Morgan fingerprint density at radius 2 is 1.81 bits per heavy atom. The van der Waals surface area contributed by atoms with Crippen molar-refractivity contribution in [2.45, 2.75) is 58.0 Å². The number of ether oxygens (including phenoxy) is 1. The molecule has 8 nitrogen and oxygen atoms in total. The van der Waals surface area contributed by atoms with E-state index in [1.165, 1.54) is 24.4 Å². The SMILES string of the molecule is COC(=O)CC(NC(=O)C(CC(C)C)n1cnc2ccccc2c1=O)c1cccc(N2CCCCC2)c1. The molecule has 1 aliphatic heterocycles.